The molecular weight excluding hydrogens is 365 g/mol. The number of benzene rings is 2. The zero-order valence-electron chi connectivity index (χ0n) is 13.7. The number of anilines is 1. The maximum atomic E-state index is 12.0. The quantitative estimate of drug-likeness (QED) is 0.759. The number of amides is 1. The van der Waals surface area contributed by atoms with Gasteiger partial charge in [-0.15, -0.1) is 0 Å². The number of carbonyl (C=O) groups is 2. The average molecular weight is 382 g/mol. The molecule has 0 radical (unpaired) electrons. The molecule has 25 heavy (non-hydrogen) atoms. The van der Waals surface area contributed by atoms with Gasteiger partial charge >= 0.3 is 5.97 Å². The number of carbonyl (C=O) groups excluding carboxylic acids is 2. The standard InChI is InChI=1S/C18H17Cl2NO4/c1-11-9-15(7-8-16(11)20)24-10-17(22)25-12(2)18(23)21-14-5-3-13(19)4-6-14/h3-9,12H,10H2,1-2H3,(H,21,23)/t12-/m1/s1. The Labute approximate surface area is 155 Å². The Morgan fingerprint density at radius 1 is 1.12 bits per heavy atom. The minimum atomic E-state index is -0.960. The van der Waals surface area contributed by atoms with Crippen LogP contribution in [0.1, 0.15) is 12.5 Å². The molecule has 1 amide bonds. The first-order valence-electron chi connectivity index (χ1n) is 7.50. The summed E-state index contributed by atoms with van der Waals surface area (Å²) in [4.78, 5) is 23.8. The lowest BCUT2D eigenvalue weighted by Gasteiger charge is -2.14. The Balaban J connectivity index is 1.81. The number of hydrogen-bond donors (Lipinski definition) is 1. The normalized spacial score (nSPS) is 11.5. The van der Waals surface area contributed by atoms with Gasteiger partial charge in [-0.05, 0) is 61.9 Å². The van der Waals surface area contributed by atoms with Crippen molar-refractivity contribution in [3.63, 3.8) is 0 Å². The van der Waals surface area contributed by atoms with Crippen molar-refractivity contribution in [2.75, 3.05) is 11.9 Å². The summed E-state index contributed by atoms with van der Waals surface area (Å²) in [6.45, 7) is 3.01. The molecule has 132 valence electrons. The van der Waals surface area contributed by atoms with Crippen LogP contribution in [0.15, 0.2) is 42.5 Å². The third-order valence-corrected chi connectivity index (χ3v) is 3.95. The highest BCUT2D eigenvalue weighted by atomic mass is 35.5. The second-order valence-corrected chi connectivity index (χ2v) is 6.17. The van der Waals surface area contributed by atoms with E-state index < -0.39 is 18.0 Å². The summed E-state index contributed by atoms with van der Waals surface area (Å²) >= 11 is 11.7. The third kappa shape index (κ3) is 5.96. The van der Waals surface area contributed by atoms with Gasteiger partial charge in [0.05, 0.1) is 0 Å². The largest absolute Gasteiger partial charge is 0.482 e. The first-order chi connectivity index (χ1) is 11.8. The molecule has 7 heteroatoms. The van der Waals surface area contributed by atoms with E-state index in [0.29, 0.717) is 21.5 Å². The highest BCUT2D eigenvalue weighted by Gasteiger charge is 2.18. The van der Waals surface area contributed by atoms with Crippen LogP contribution in [0.25, 0.3) is 0 Å². The molecule has 0 spiro atoms. The lowest BCUT2D eigenvalue weighted by Crippen LogP contribution is -2.31. The number of halogens is 2. The Kier molecular flexibility index (Phi) is 6.67. The van der Waals surface area contributed by atoms with Crippen molar-refractivity contribution in [1.82, 2.24) is 0 Å². The maximum absolute atomic E-state index is 12.0. The van der Waals surface area contributed by atoms with E-state index in [2.05, 4.69) is 5.32 Å². The molecule has 0 bridgehead atoms. The highest BCUT2D eigenvalue weighted by Crippen LogP contribution is 2.21. The Hall–Kier alpha value is -2.24. The summed E-state index contributed by atoms with van der Waals surface area (Å²) in [5, 5.41) is 3.81. The predicted octanol–water partition coefficient (Wildman–Crippen LogP) is 4.25. The van der Waals surface area contributed by atoms with E-state index in [1.54, 1.807) is 42.5 Å². The molecule has 0 aliphatic rings. The lowest BCUT2D eigenvalue weighted by molar-refractivity contribution is -0.155. The van der Waals surface area contributed by atoms with Gasteiger partial charge in [0.1, 0.15) is 5.75 Å². The second-order valence-electron chi connectivity index (χ2n) is 5.33. The molecule has 0 unspecified atom stereocenters. The Morgan fingerprint density at radius 3 is 2.44 bits per heavy atom. The smallest absolute Gasteiger partial charge is 0.344 e. The van der Waals surface area contributed by atoms with Gasteiger partial charge in [0.25, 0.3) is 5.91 Å². The van der Waals surface area contributed by atoms with Crippen molar-refractivity contribution in [3.05, 3.63) is 58.1 Å². The molecule has 0 aliphatic heterocycles. The number of esters is 1. The van der Waals surface area contributed by atoms with Gasteiger partial charge in [0, 0.05) is 15.7 Å². The van der Waals surface area contributed by atoms with Crippen LogP contribution in [0.2, 0.25) is 10.0 Å². The summed E-state index contributed by atoms with van der Waals surface area (Å²) < 4.78 is 10.4. The molecule has 2 rings (SSSR count). The second kappa shape index (κ2) is 8.74. The van der Waals surface area contributed by atoms with Crippen LogP contribution in [0.3, 0.4) is 0 Å². The molecular formula is C18H17Cl2NO4. The molecule has 2 aromatic rings. The third-order valence-electron chi connectivity index (χ3n) is 3.28. The van der Waals surface area contributed by atoms with Crippen LogP contribution in [-0.2, 0) is 14.3 Å². The zero-order chi connectivity index (χ0) is 18.4. The Morgan fingerprint density at radius 2 is 1.80 bits per heavy atom. The molecule has 0 fully saturated rings. The minimum absolute atomic E-state index is 0.306. The van der Waals surface area contributed by atoms with Crippen LogP contribution in [0.5, 0.6) is 5.75 Å². The van der Waals surface area contributed by atoms with E-state index in [-0.39, 0.29) is 6.61 Å². The van der Waals surface area contributed by atoms with E-state index in [1.807, 2.05) is 6.92 Å². The number of rotatable bonds is 6. The van der Waals surface area contributed by atoms with Crippen LogP contribution < -0.4 is 10.1 Å². The molecule has 2 aromatic carbocycles. The number of hydrogen-bond acceptors (Lipinski definition) is 4. The first-order valence-corrected chi connectivity index (χ1v) is 8.25. The topological polar surface area (TPSA) is 64.6 Å². The Bertz CT molecular complexity index is 762. The lowest BCUT2D eigenvalue weighted by atomic mass is 10.2. The fourth-order valence-electron chi connectivity index (χ4n) is 1.91. The fourth-order valence-corrected chi connectivity index (χ4v) is 2.15. The van der Waals surface area contributed by atoms with Crippen LogP contribution in [-0.4, -0.2) is 24.6 Å². The van der Waals surface area contributed by atoms with Gasteiger partial charge < -0.3 is 14.8 Å². The van der Waals surface area contributed by atoms with Gasteiger partial charge in [-0.2, -0.15) is 0 Å². The molecule has 0 saturated heterocycles. The molecule has 1 N–H and O–H groups in total. The van der Waals surface area contributed by atoms with Crippen molar-refractivity contribution in [3.8, 4) is 5.75 Å². The molecule has 0 aromatic heterocycles. The van der Waals surface area contributed by atoms with Crippen LogP contribution in [0.4, 0.5) is 5.69 Å². The molecule has 0 aliphatic carbocycles. The average Bonchev–Trinajstić information content (AvgIpc) is 2.58. The van der Waals surface area contributed by atoms with Crippen molar-refractivity contribution in [2.24, 2.45) is 0 Å². The summed E-state index contributed by atoms with van der Waals surface area (Å²) in [6, 6.07) is 11.7. The predicted molar refractivity (Wildman–Crippen MR) is 97.3 cm³/mol. The zero-order valence-corrected chi connectivity index (χ0v) is 15.2. The minimum Gasteiger partial charge on any atom is -0.482 e. The van der Waals surface area contributed by atoms with Crippen molar-refractivity contribution in [2.45, 2.75) is 20.0 Å². The maximum Gasteiger partial charge on any atom is 0.344 e. The van der Waals surface area contributed by atoms with E-state index >= 15 is 0 Å². The van der Waals surface area contributed by atoms with Crippen LogP contribution >= 0.6 is 23.2 Å². The van der Waals surface area contributed by atoms with E-state index in [4.69, 9.17) is 32.7 Å². The van der Waals surface area contributed by atoms with Gasteiger partial charge in [-0.25, -0.2) is 4.79 Å². The van der Waals surface area contributed by atoms with Crippen LogP contribution in [0, 0.1) is 6.92 Å². The summed E-state index contributed by atoms with van der Waals surface area (Å²) in [5.41, 5.74) is 1.40. The monoisotopic (exact) mass is 381 g/mol. The molecule has 1 atom stereocenters. The number of nitrogens with one attached hydrogen (secondary N) is 1. The van der Waals surface area contributed by atoms with Gasteiger partial charge in [-0.3, -0.25) is 4.79 Å². The summed E-state index contributed by atoms with van der Waals surface area (Å²) in [5.74, 6) is -0.596. The van der Waals surface area contributed by atoms with Gasteiger partial charge in [0.15, 0.2) is 12.7 Å². The first kappa shape index (κ1) is 19.1. The van der Waals surface area contributed by atoms with Crippen molar-refractivity contribution < 1.29 is 19.1 Å². The van der Waals surface area contributed by atoms with Crippen molar-refractivity contribution in [1.29, 1.82) is 0 Å². The highest BCUT2D eigenvalue weighted by molar-refractivity contribution is 6.31. The number of ether oxygens (including phenoxy) is 2. The SMILES string of the molecule is Cc1cc(OCC(=O)O[C@H](C)C(=O)Nc2ccc(Cl)cc2)ccc1Cl. The number of aryl methyl sites for hydroxylation is 1. The van der Waals surface area contributed by atoms with E-state index in [1.165, 1.54) is 6.92 Å². The molecule has 0 heterocycles. The van der Waals surface area contributed by atoms with E-state index in [0.717, 1.165) is 5.56 Å². The van der Waals surface area contributed by atoms with Gasteiger partial charge in [-0.1, -0.05) is 23.2 Å². The molecule has 0 saturated carbocycles. The summed E-state index contributed by atoms with van der Waals surface area (Å²) in [6.07, 6.45) is -0.960. The van der Waals surface area contributed by atoms with Gasteiger partial charge in [0.2, 0.25) is 0 Å². The van der Waals surface area contributed by atoms with Crippen molar-refractivity contribution >= 4 is 40.8 Å². The van der Waals surface area contributed by atoms with E-state index in [9.17, 15) is 9.59 Å². The fraction of sp³-hybridized carbons (Fsp3) is 0.222. The summed E-state index contributed by atoms with van der Waals surface area (Å²) in [7, 11) is 0. The molecule has 5 nitrogen and oxygen atoms in total.